The first-order valence-corrected chi connectivity index (χ1v) is 11.0. The zero-order valence-corrected chi connectivity index (χ0v) is 19.0. The molecule has 160 valence electrons. The lowest BCUT2D eigenvalue weighted by Crippen LogP contribution is -2.43. The maximum atomic E-state index is 5.99. The number of hydrogen-bond acceptors (Lipinski definition) is 4. The number of aromatic nitrogens is 1. The Kier molecular flexibility index (Phi) is 6.91. The fraction of sp³-hybridized carbons (Fsp3) is 0.720. The maximum Gasteiger partial charge on any atom is 0.138 e. The highest BCUT2D eigenvalue weighted by Crippen LogP contribution is 2.35. The Morgan fingerprint density at radius 3 is 2.07 bits per heavy atom. The molecule has 0 atom stereocenters. The van der Waals surface area contributed by atoms with E-state index in [1.165, 1.54) is 12.8 Å². The SMILES string of the molecule is CC(C)(C)OC1CC(CCC#Cc2ccc(OC3CC(OC(C)(C)C)C3)cn2)C1. The van der Waals surface area contributed by atoms with Crippen molar-refractivity contribution >= 4 is 0 Å². The minimum atomic E-state index is -0.0853. The summed E-state index contributed by atoms with van der Waals surface area (Å²) >= 11 is 0. The fourth-order valence-corrected chi connectivity index (χ4v) is 3.86. The molecule has 3 rings (SSSR count). The molecule has 0 bridgehead atoms. The van der Waals surface area contributed by atoms with E-state index in [2.05, 4.69) is 58.4 Å². The van der Waals surface area contributed by atoms with Crippen molar-refractivity contribution in [2.24, 2.45) is 5.92 Å². The molecule has 2 fully saturated rings. The van der Waals surface area contributed by atoms with E-state index in [0.717, 1.165) is 43.0 Å². The normalized spacial score (nSPS) is 26.7. The molecule has 0 N–H and O–H groups in total. The Hall–Kier alpha value is -1.57. The summed E-state index contributed by atoms with van der Waals surface area (Å²) in [5.41, 5.74) is 0.692. The van der Waals surface area contributed by atoms with Crippen LogP contribution in [-0.2, 0) is 9.47 Å². The molecule has 0 saturated heterocycles. The first-order valence-electron chi connectivity index (χ1n) is 11.0. The summed E-state index contributed by atoms with van der Waals surface area (Å²) in [6, 6.07) is 3.91. The third-order valence-electron chi connectivity index (χ3n) is 5.22. The van der Waals surface area contributed by atoms with E-state index < -0.39 is 0 Å². The number of nitrogens with zero attached hydrogens (tertiary/aromatic N) is 1. The van der Waals surface area contributed by atoms with Crippen LogP contribution in [0.4, 0.5) is 0 Å². The fourth-order valence-electron chi connectivity index (χ4n) is 3.86. The van der Waals surface area contributed by atoms with E-state index in [9.17, 15) is 0 Å². The summed E-state index contributed by atoms with van der Waals surface area (Å²) in [5.74, 6) is 8.01. The van der Waals surface area contributed by atoms with Crippen molar-refractivity contribution in [3.8, 4) is 17.6 Å². The standard InChI is InChI=1S/C25H37NO3/c1-24(2,3)28-22-13-18(14-22)9-7-8-10-19-11-12-20(17-26-19)27-21-15-23(16-21)29-25(4,5)6/h11-12,17-18,21-23H,7,9,13-16H2,1-6H3. The third-order valence-corrected chi connectivity index (χ3v) is 5.22. The molecule has 0 amide bonds. The largest absolute Gasteiger partial charge is 0.489 e. The predicted octanol–water partition coefficient (Wildman–Crippen LogP) is 5.53. The highest BCUT2D eigenvalue weighted by molar-refractivity contribution is 5.31. The maximum absolute atomic E-state index is 5.99. The minimum Gasteiger partial charge on any atom is -0.489 e. The Bertz CT molecular complexity index is 706. The minimum absolute atomic E-state index is 0.0302. The summed E-state index contributed by atoms with van der Waals surface area (Å²) in [4.78, 5) is 4.42. The van der Waals surface area contributed by atoms with Gasteiger partial charge in [0.1, 0.15) is 17.5 Å². The molecule has 2 aliphatic rings. The van der Waals surface area contributed by atoms with Gasteiger partial charge < -0.3 is 14.2 Å². The van der Waals surface area contributed by atoms with Crippen LogP contribution < -0.4 is 4.74 Å². The highest BCUT2D eigenvalue weighted by atomic mass is 16.5. The summed E-state index contributed by atoms with van der Waals surface area (Å²) in [6.07, 6.45) is 9.07. The Balaban J connectivity index is 1.32. The average Bonchev–Trinajstić information content (AvgIpc) is 2.53. The van der Waals surface area contributed by atoms with Gasteiger partial charge in [0.05, 0.1) is 29.6 Å². The van der Waals surface area contributed by atoms with Crippen LogP contribution in [0.2, 0.25) is 0 Å². The third kappa shape index (κ3) is 7.64. The smallest absolute Gasteiger partial charge is 0.138 e. The van der Waals surface area contributed by atoms with Crippen molar-refractivity contribution in [3.05, 3.63) is 24.0 Å². The van der Waals surface area contributed by atoms with E-state index in [0.29, 0.717) is 12.2 Å². The summed E-state index contributed by atoms with van der Waals surface area (Å²) in [6.45, 7) is 12.7. The van der Waals surface area contributed by atoms with Crippen LogP contribution in [-0.4, -0.2) is 34.5 Å². The van der Waals surface area contributed by atoms with E-state index in [1.54, 1.807) is 6.20 Å². The molecule has 1 heterocycles. The van der Waals surface area contributed by atoms with Crippen LogP contribution in [0.5, 0.6) is 5.75 Å². The summed E-state index contributed by atoms with van der Waals surface area (Å²) < 4.78 is 17.9. The van der Waals surface area contributed by atoms with Crippen LogP contribution in [0.3, 0.4) is 0 Å². The van der Waals surface area contributed by atoms with Crippen LogP contribution in [0, 0.1) is 17.8 Å². The predicted molar refractivity (Wildman–Crippen MR) is 116 cm³/mol. The van der Waals surface area contributed by atoms with E-state index >= 15 is 0 Å². The molecule has 1 aromatic rings. The lowest BCUT2D eigenvalue weighted by molar-refractivity contribution is -0.126. The van der Waals surface area contributed by atoms with Gasteiger partial charge in [-0.2, -0.15) is 0 Å². The van der Waals surface area contributed by atoms with Gasteiger partial charge in [0.2, 0.25) is 0 Å². The van der Waals surface area contributed by atoms with Crippen molar-refractivity contribution < 1.29 is 14.2 Å². The number of pyridine rings is 1. The van der Waals surface area contributed by atoms with Gasteiger partial charge in [-0.05, 0) is 84.8 Å². The molecule has 0 unspecified atom stereocenters. The first kappa shape index (κ1) is 22.1. The second kappa shape index (κ2) is 9.06. The average molecular weight is 400 g/mol. The van der Waals surface area contributed by atoms with Crippen LogP contribution in [0.25, 0.3) is 0 Å². The van der Waals surface area contributed by atoms with Gasteiger partial charge in [0.25, 0.3) is 0 Å². The van der Waals surface area contributed by atoms with Gasteiger partial charge >= 0.3 is 0 Å². The second-order valence-corrected chi connectivity index (χ2v) is 10.5. The Morgan fingerprint density at radius 1 is 0.897 bits per heavy atom. The van der Waals surface area contributed by atoms with Crippen molar-refractivity contribution in [1.82, 2.24) is 4.98 Å². The molecule has 1 aromatic heterocycles. The first-order chi connectivity index (χ1) is 13.6. The molecule has 2 saturated carbocycles. The molecule has 29 heavy (non-hydrogen) atoms. The molecule has 4 heteroatoms. The van der Waals surface area contributed by atoms with Crippen molar-refractivity contribution in [3.63, 3.8) is 0 Å². The molecule has 4 nitrogen and oxygen atoms in total. The molecular formula is C25H37NO3. The Labute approximate surface area is 176 Å². The zero-order chi connectivity index (χ0) is 21.1. The number of hydrogen-bond donors (Lipinski definition) is 0. The van der Waals surface area contributed by atoms with Crippen LogP contribution in [0.15, 0.2) is 18.3 Å². The van der Waals surface area contributed by atoms with Crippen LogP contribution >= 0.6 is 0 Å². The van der Waals surface area contributed by atoms with Gasteiger partial charge in [0.15, 0.2) is 0 Å². The highest BCUT2D eigenvalue weighted by Gasteiger charge is 2.34. The van der Waals surface area contributed by atoms with Crippen LogP contribution in [0.1, 0.15) is 85.8 Å². The van der Waals surface area contributed by atoms with Crippen molar-refractivity contribution in [2.45, 2.75) is 110 Å². The quantitative estimate of drug-likeness (QED) is 0.590. The summed E-state index contributed by atoms with van der Waals surface area (Å²) in [7, 11) is 0. The molecule has 0 aromatic carbocycles. The number of ether oxygens (including phenoxy) is 3. The van der Waals surface area contributed by atoms with Gasteiger partial charge in [-0.1, -0.05) is 5.92 Å². The molecule has 0 spiro atoms. The zero-order valence-electron chi connectivity index (χ0n) is 19.0. The molecular weight excluding hydrogens is 362 g/mol. The summed E-state index contributed by atoms with van der Waals surface area (Å²) in [5, 5.41) is 0. The molecule has 2 aliphatic carbocycles. The lowest BCUT2D eigenvalue weighted by atomic mass is 9.79. The van der Waals surface area contributed by atoms with Crippen molar-refractivity contribution in [1.29, 1.82) is 0 Å². The topological polar surface area (TPSA) is 40.6 Å². The monoisotopic (exact) mass is 399 g/mol. The van der Waals surface area contributed by atoms with E-state index in [-0.39, 0.29) is 17.3 Å². The van der Waals surface area contributed by atoms with E-state index in [1.807, 2.05) is 12.1 Å². The van der Waals surface area contributed by atoms with Gasteiger partial charge in [-0.3, -0.25) is 0 Å². The lowest BCUT2D eigenvalue weighted by Gasteiger charge is -2.39. The van der Waals surface area contributed by atoms with Gasteiger partial charge in [-0.15, -0.1) is 0 Å². The van der Waals surface area contributed by atoms with E-state index in [4.69, 9.17) is 14.2 Å². The number of rotatable bonds is 6. The Morgan fingerprint density at radius 2 is 1.52 bits per heavy atom. The van der Waals surface area contributed by atoms with Gasteiger partial charge in [-0.25, -0.2) is 4.98 Å². The molecule has 0 radical (unpaired) electrons. The molecule has 0 aliphatic heterocycles. The van der Waals surface area contributed by atoms with Crippen molar-refractivity contribution in [2.75, 3.05) is 0 Å². The van der Waals surface area contributed by atoms with Gasteiger partial charge in [0, 0.05) is 19.3 Å². The second-order valence-electron chi connectivity index (χ2n) is 10.5.